The topological polar surface area (TPSA) is 69.1 Å². The van der Waals surface area contributed by atoms with Crippen LogP contribution in [-0.2, 0) is 11.3 Å². The van der Waals surface area contributed by atoms with Crippen LogP contribution in [0.1, 0.15) is 12.0 Å². The molecule has 1 fully saturated rings. The summed E-state index contributed by atoms with van der Waals surface area (Å²) >= 11 is 9.51. The van der Waals surface area contributed by atoms with Crippen LogP contribution < -0.4 is 0 Å². The van der Waals surface area contributed by atoms with Gasteiger partial charge in [0, 0.05) is 40.5 Å². The summed E-state index contributed by atoms with van der Waals surface area (Å²) < 4.78 is 0.934. The highest BCUT2D eigenvalue weighted by Crippen LogP contribution is 2.26. The molecule has 0 N–H and O–H groups in total. The molecule has 7 heteroatoms. The van der Waals surface area contributed by atoms with Crippen LogP contribution in [0.3, 0.4) is 0 Å². The number of amides is 1. The van der Waals surface area contributed by atoms with E-state index in [0.29, 0.717) is 31.1 Å². The molecule has 1 aromatic carbocycles. The minimum absolute atomic E-state index is 0.0779. The fourth-order valence-corrected chi connectivity index (χ4v) is 2.74. The molecule has 100 valence electrons. The number of hydrogen-bond donors (Lipinski definition) is 0. The van der Waals surface area contributed by atoms with Gasteiger partial charge in [0.25, 0.3) is 0 Å². The van der Waals surface area contributed by atoms with E-state index in [1.165, 1.54) is 0 Å². The lowest BCUT2D eigenvalue weighted by Gasteiger charge is -2.17. The van der Waals surface area contributed by atoms with E-state index in [1.54, 1.807) is 11.0 Å². The maximum atomic E-state index is 11.9. The van der Waals surface area contributed by atoms with Gasteiger partial charge in [0.1, 0.15) is 0 Å². The van der Waals surface area contributed by atoms with Crippen LogP contribution in [0.4, 0.5) is 0 Å². The van der Waals surface area contributed by atoms with Crippen molar-refractivity contribution in [3.05, 3.63) is 43.7 Å². The van der Waals surface area contributed by atoms with Crippen molar-refractivity contribution >= 4 is 33.4 Å². The number of nitrogens with zero attached hydrogens (tertiary/aromatic N) is 4. The summed E-state index contributed by atoms with van der Waals surface area (Å²) in [6.07, 6.45) is 0.435. The second kappa shape index (κ2) is 6.28. The third-order valence-electron chi connectivity index (χ3n) is 3.07. The van der Waals surface area contributed by atoms with Crippen LogP contribution in [-0.4, -0.2) is 23.9 Å². The Bertz CT molecular complexity index is 545. The monoisotopic (exact) mass is 342 g/mol. The largest absolute Gasteiger partial charge is 0.338 e. The first kappa shape index (κ1) is 14.2. The van der Waals surface area contributed by atoms with E-state index >= 15 is 0 Å². The highest BCUT2D eigenvalue weighted by Gasteiger charge is 2.29. The smallest absolute Gasteiger partial charge is 0.223 e. The predicted molar refractivity (Wildman–Crippen MR) is 76.7 cm³/mol. The number of rotatable bonds is 4. The van der Waals surface area contributed by atoms with Crippen molar-refractivity contribution in [3.63, 3.8) is 0 Å². The van der Waals surface area contributed by atoms with Gasteiger partial charge >= 0.3 is 0 Å². The first-order valence-corrected chi connectivity index (χ1v) is 7.00. The van der Waals surface area contributed by atoms with Gasteiger partial charge in [-0.05, 0) is 35.2 Å². The van der Waals surface area contributed by atoms with E-state index < -0.39 is 0 Å². The minimum atomic E-state index is 0.0779. The molecule has 1 heterocycles. The van der Waals surface area contributed by atoms with Gasteiger partial charge in [-0.1, -0.05) is 32.6 Å². The van der Waals surface area contributed by atoms with Crippen molar-refractivity contribution < 1.29 is 4.79 Å². The molecule has 1 aliphatic rings. The number of likely N-dealkylation sites (tertiary alicyclic amines) is 1. The van der Waals surface area contributed by atoms with E-state index in [-0.39, 0.29) is 11.8 Å². The van der Waals surface area contributed by atoms with Crippen molar-refractivity contribution in [2.24, 2.45) is 11.0 Å². The first-order valence-electron chi connectivity index (χ1n) is 5.82. The minimum Gasteiger partial charge on any atom is -0.338 e. The van der Waals surface area contributed by atoms with Gasteiger partial charge in [0.2, 0.25) is 5.91 Å². The summed E-state index contributed by atoms with van der Waals surface area (Å²) in [5.41, 5.74) is 9.21. The molecule has 1 saturated heterocycles. The molecule has 0 radical (unpaired) electrons. The Kier molecular flexibility index (Phi) is 4.69. The quantitative estimate of drug-likeness (QED) is 0.466. The number of hydrogen-bond acceptors (Lipinski definition) is 2. The van der Waals surface area contributed by atoms with Crippen LogP contribution in [0.5, 0.6) is 0 Å². The average molecular weight is 344 g/mol. The Labute approximate surface area is 124 Å². The van der Waals surface area contributed by atoms with E-state index in [0.717, 1.165) is 10.0 Å². The number of carbonyl (C=O) groups is 1. The Balaban J connectivity index is 2.05. The lowest BCUT2D eigenvalue weighted by atomic mass is 10.1. The second-order valence-corrected chi connectivity index (χ2v) is 5.82. The molecule has 1 aliphatic heterocycles. The van der Waals surface area contributed by atoms with Crippen molar-refractivity contribution in [3.8, 4) is 0 Å². The molecule has 0 spiro atoms. The summed E-state index contributed by atoms with van der Waals surface area (Å²) in [5, 5.41) is 4.18. The zero-order valence-electron chi connectivity index (χ0n) is 10.1. The number of benzene rings is 1. The summed E-state index contributed by atoms with van der Waals surface area (Å²) in [6.45, 7) is 1.47. The number of carbonyl (C=O) groups excluding carboxylic acids is 1. The molecule has 5 nitrogen and oxygen atoms in total. The van der Waals surface area contributed by atoms with E-state index in [4.69, 9.17) is 17.1 Å². The van der Waals surface area contributed by atoms with Gasteiger partial charge in [-0.3, -0.25) is 4.79 Å². The fraction of sp³-hybridized carbons (Fsp3) is 0.417. The lowest BCUT2D eigenvalue weighted by Crippen LogP contribution is -2.25. The summed E-state index contributed by atoms with van der Waals surface area (Å²) in [7, 11) is 0. The second-order valence-electron chi connectivity index (χ2n) is 4.49. The van der Waals surface area contributed by atoms with Crippen LogP contribution in [0.25, 0.3) is 10.4 Å². The van der Waals surface area contributed by atoms with E-state index in [9.17, 15) is 4.79 Å². The van der Waals surface area contributed by atoms with Gasteiger partial charge < -0.3 is 4.90 Å². The van der Waals surface area contributed by atoms with Gasteiger partial charge in [0.15, 0.2) is 0 Å². The van der Waals surface area contributed by atoms with Crippen molar-refractivity contribution in [1.82, 2.24) is 4.90 Å². The molecular weight excluding hydrogens is 332 g/mol. The number of halogens is 2. The molecule has 0 aromatic heterocycles. The molecule has 1 atom stereocenters. The molecule has 0 saturated carbocycles. The van der Waals surface area contributed by atoms with Gasteiger partial charge in [-0.2, -0.15) is 0 Å². The van der Waals surface area contributed by atoms with Crippen LogP contribution in [0, 0.1) is 5.92 Å². The maximum Gasteiger partial charge on any atom is 0.223 e. The summed E-state index contributed by atoms with van der Waals surface area (Å²) in [6, 6.07) is 5.58. The normalized spacial score (nSPS) is 18.5. The Morgan fingerprint density at radius 1 is 1.58 bits per heavy atom. The molecule has 1 aromatic rings. The molecule has 2 rings (SSSR count). The van der Waals surface area contributed by atoms with Gasteiger partial charge in [0.05, 0.1) is 0 Å². The van der Waals surface area contributed by atoms with Crippen LogP contribution >= 0.6 is 27.5 Å². The maximum absolute atomic E-state index is 11.9. The molecule has 19 heavy (non-hydrogen) atoms. The Morgan fingerprint density at radius 3 is 3.11 bits per heavy atom. The molecule has 0 aliphatic carbocycles. The Morgan fingerprint density at radius 2 is 2.37 bits per heavy atom. The highest BCUT2D eigenvalue weighted by atomic mass is 79.9. The highest BCUT2D eigenvalue weighted by molar-refractivity contribution is 9.10. The predicted octanol–water partition coefficient (Wildman–Crippen LogP) is 3.76. The molecular formula is C12H12BrClN4O. The third kappa shape index (κ3) is 3.62. The zero-order valence-corrected chi connectivity index (χ0v) is 12.4. The summed E-state index contributed by atoms with van der Waals surface area (Å²) in [4.78, 5) is 16.4. The molecule has 1 amide bonds. The van der Waals surface area contributed by atoms with Gasteiger partial charge in [-0.15, -0.1) is 0 Å². The van der Waals surface area contributed by atoms with E-state index in [1.807, 2.05) is 12.1 Å². The standard InChI is InChI=1S/C12H12BrClN4O/c13-10-1-2-11(14)9(4-10)7-18-6-8(3-12(18)19)5-16-17-15/h1-2,4,8H,3,5-7H2. The molecule has 1 unspecified atom stereocenters. The van der Waals surface area contributed by atoms with Crippen molar-refractivity contribution in [1.29, 1.82) is 0 Å². The SMILES string of the molecule is [N-]=[N+]=NCC1CC(=O)N(Cc2cc(Br)ccc2Cl)C1. The third-order valence-corrected chi connectivity index (χ3v) is 3.93. The van der Waals surface area contributed by atoms with Crippen LogP contribution in [0.2, 0.25) is 5.02 Å². The van der Waals surface area contributed by atoms with Gasteiger partial charge in [-0.25, -0.2) is 0 Å². The zero-order chi connectivity index (χ0) is 13.8. The van der Waals surface area contributed by atoms with Crippen molar-refractivity contribution in [2.45, 2.75) is 13.0 Å². The van der Waals surface area contributed by atoms with Crippen LogP contribution in [0.15, 0.2) is 27.8 Å². The lowest BCUT2D eigenvalue weighted by molar-refractivity contribution is -0.128. The number of azide groups is 1. The fourth-order valence-electron chi connectivity index (χ4n) is 2.15. The summed E-state index contributed by atoms with van der Waals surface area (Å²) in [5.74, 6) is 0.184. The van der Waals surface area contributed by atoms with Crippen molar-refractivity contribution in [2.75, 3.05) is 13.1 Å². The first-order chi connectivity index (χ1) is 9.10. The Hall–Kier alpha value is -1.23. The molecule has 0 bridgehead atoms. The average Bonchev–Trinajstić information content (AvgIpc) is 2.72. The van der Waals surface area contributed by atoms with E-state index in [2.05, 4.69) is 26.0 Å².